The maximum atomic E-state index is 12.6. The Bertz CT molecular complexity index is 706. The van der Waals surface area contributed by atoms with Crippen LogP contribution in [0.3, 0.4) is 0 Å². The molecule has 2 aromatic rings. The molecule has 0 aromatic heterocycles. The van der Waals surface area contributed by atoms with Crippen LogP contribution in [0.4, 0.5) is 0 Å². The van der Waals surface area contributed by atoms with Gasteiger partial charge < -0.3 is 9.64 Å². The topological polar surface area (TPSA) is 46.6 Å². The van der Waals surface area contributed by atoms with Crippen molar-refractivity contribution in [3.05, 3.63) is 71.8 Å². The lowest BCUT2D eigenvalue weighted by atomic mass is 9.80. The molecule has 0 saturated carbocycles. The molecular weight excluding hydrogens is 314 g/mol. The van der Waals surface area contributed by atoms with Crippen LogP contribution in [0.2, 0.25) is 0 Å². The van der Waals surface area contributed by atoms with Crippen molar-refractivity contribution in [2.75, 3.05) is 20.2 Å². The van der Waals surface area contributed by atoms with E-state index in [0.717, 1.165) is 18.4 Å². The van der Waals surface area contributed by atoms with Crippen molar-refractivity contribution in [1.82, 2.24) is 4.90 Å². The lowest BCUT2D eigenvalue weighted by Gasteiger charge is -2.35. The Morgan fingerprint density at radius 1 is 0.960 bits per heavy atom. The molecule has 1 unspecified atom stereocenters. The number of carbonyl (C=O) groups excluding carboxylic acids is 2. The molecule has 1 amide bonds. The number of esters is 1. The Hall–Kier alpha value is -2.62. The summed E-state index contributed by atoms with van der Waals surface area (Å²) >= 11 is 0. The normalized spacial score (nSPS) is 16.3. The van der Waals surface area contributed by atoms with Crippen LogP contribution >= 0.6 is 0 Å². The van der Waals surface area contributed by atoms with Crippen molar-refractivity contribution >= 4 is 11.9 Å². The molecule has 4 heteroatoms. The van der Waals surface area contributed by atoms with Gasteiger partial charge >= 0.3 is 5.97 Å². The monoisotopic (exact) mass is 337 g/mol. The number of hydrogen-bond acceptors (Lipinski definition) is 3. The quantitative estimate of drug-likeness (QED) is 0.802. The summed E-state index contributed by atoms with van der Waals surface area (Å²) in [7, 11) is 1.44. The first-order valence-electron chi connectivity index (χ1n) is 8.68. The number of likely N-dealkylation sites (tertiary alicyclic amines) is 1. The van der Waals surface area contributed by atoms with E-state index in [9.17, 15) is 9.59 Å². The first kappa shape index (κ1) is 17.2. The number of methoxy groups -OCH3 is 1. The predicted molar refractivity (Wildman–Crippen MR) is 96.3 cm³/mol. The molecule has 1 aliphatic rings. The maximum absolute atomic E-state index is 12.6. The Morgan fingerprint density at radius 2 is 1.52 bits per heavy atom. The van der Waals surface area contributed by atoms with Gasteiger partial charge in [0.2, 0.25) is 0 Å². The van der Waals surface area contributed by atoms with E-state index in [1.54, 1.807) is 0 Å². The molecule has 25 heavy (non-hydrogen) atoms. The molecule has 4 nitrogen and oxygen atoms in total. The van der Waals surface area contributed by atoms with Crippen molar-refractivity contribution in [1.29, 1.82) is 0 Å². The third-order valence-corrected chi connectivity index (χ3v) is 4.93. The van der Waals surface area contributed by atoms with E-state index in [-0.39, 0.29) is 23.7 Å². The molecular formula is C21H23NO3. The number of carbonyl (C=O) groups is 2. The molecule has 2 aromatic carbocycles. The van der Waals surface area contributed by atoms with E-state index in [0.29, 0.717) is 18.7 Å². The highest BCUT2D eigenvalue weighted by atomic mass is 16.5. The summed E-state index contributed by atoms with van der Waals surface area (Å²) in [4.78, 5) is 26.8. The van der Waals surface area contributed by atoms with Crippen LogP contribution in [-0.4, -0.2) is 37.0 Å². The molecule has 0 N–H and O–H groups in total. The van der Waals surface area contributed by atoms with Crippen molar-refractivity contribution in [2.24, 2.45) is 5.92 Å². The van der Waals surface area contributed by atoms with Crippen LogP contribution in [0, 0.1) is 5.92 Å². The highest BCUT2D eigenvalue weighted by molar-refractivity contribution is 5.94. The summed E-state index contributed by atoms with van der Waals surface area (Å²) in [6.45, 7) is 1.33. The first-order valence-corrected chi connectivity index (χ1v) is 8.68. The summed E-state index contributed by atoms with van der Waals surface area (Å²) in [5.74, 6) is -0.206. The second-order valence-corrected chi connectivity index (χ2v) is 6.41. The lowest BCUT2D eigenvalue weighted by molar-refractivity contribution is -0.144. The fourth-order valence-corrected chi connectivity index (χ4v) is 3.59. The van der Waals surface area contributed by atoms with Gasteiger partial charge in [-0.3, -0.25) is 9.59 Å². The van der Waals surface area contributed by atoms with Gasteiger partial charge in [-0.25, -0.2) is 0 Å². The molecule has 0 bridgehead atoms. The number of piperidine rings is 1. The summed E-state index contributed by atoms with van der Waals surface area (Å²) in [6, 6.07) is 19.1. The van der Waals surface area contributed by atoms with Crippen molar-refractivity contribution < 1.29 is 14.3 Å². The standard InChI is InChI=1S/C21H23NO3/c1-25-21(24)19(16-8-4-2-5-9-16)17-12-14-22(15-13-17)20(23)18-10-6-3-7-11-18/h2-11,17,19H,12-15H2,1H3. The van der Waals surface area contributed by atoms with E-state index in [4.69, 9.17) is 4.74 Å². The second-order valence-electron chi connectivity index (χ2n) is 6.41. The summed E-state index contributed by atoms with van der Waals surface area (Å²) < 4.78 is 5.04. The zero-order chi connectivity index (χ0) is 17.6. The fraction of sp³-hybridized carbons (Fsp3) is 0.333. The third-order valence-electron chi connectivity index (χ3n) is 4.93. The average molecular weight is 337 g/mol. The van der Waals surface area contributed by atoms with E-state index in [2.05, 4.69) is 0 Å². The fourth-order valence-electron chi connectivity index (χ4n) is 3.59. The van der Waals surface area contributed by atoms with Crippen molar-refractivity contribution in [3.63, 3.8) is 0 Å². The molecule has 0 spiro atoms. The van der Waals surface area contributed by atoms with Gasteiger partial charge in [0.05, 0.1) is 13.0 Å². The zero-order valence-electron chi connectivity index (χ0n) is 14.4. The number of ether oxygens (including phenoxy) is 1. The largest absolute Gasteiger partial charge is 0.469 e. The molecule has 0 radical (unpaired) electrons. The van der Waals surface area contributed by atoms with Crippen LogP contribution in [0.15, 0.2) is 60.7 Å². The number of nitrogens with zero attached hydrogens (tertiary/aromatic N) is 1. The van der Waals surface area contributed by atoms with Crippen LogP contribution in [0.5, 0.6) is 0 Å². The van der Waals surface area contributed by atoms with Gasteiger partial charge in [0.1, 0.15) is 0 Å². The highest BCUT2D eigenvalue weighted by Gasteiger charge is 2.34. The SMILES string of the molecule is COC(=O)C(c1ccccc1)C1CCN(C(=O)c2ccccc2)CC1. The van der Waals surface area contributed by atoms with Gasteiger partial charge in [-0.2, -0.15) is 0 Å². The first-order chi connectivity index (χ1) is 12.2. The van der Waals surface area contributed by atoms with Crippen LogP contribution in [-0.2, 0) is 9.53 Å². The van der Waals surface area contributed by atoms with E-state index in [1.165, 1.54) is 7.11 Å². The summed E-state index contributed by atoms with van der Waals surface area (Å²) in [6.07, 6.45) is 1.60. The minimum atomic E-state index is -0.264. The van der Waals surface area contributed by atoms with E-state index in [1.807, 2.05) is 65.6 Å². The molecule has 130 valence electrons. The molecule has 1 heterocycles. The maximum Gasteiger partial charge on any atom is 0.313 e. The highest BCUT2D eigenvalue weighted by Crippen LogP contribution is 2.34. The summed E-state index contributed by atoms with van der Waals surface area (Å²) in [5, 5.41) is 0. The molecule has 1 saturated heterocycles. The number of hydrogen-bond donors (Lipinski definition) is 0. The Labute approximate surface area is 148 Å². The summed E-state index contributed by atoms with van der Waals surface area (Å²) in [5.41, 5.74) is 1.70. The van der Waals surface area contributed by atoms with Crippen LogP contribution in [0.1, 0.15) is 34.7 Å². The van der Waals surface area contributed by atoms with Gasteiger partial charge in [0.25, 0.3) is 5.91 Å². The van der Waals surface area contributed by atoms with E-state index >= 15 is 0 Å². The van der Waals surface area contributed by atoms with Gasteiger partial charge in [-0.1, -0.05) is 48.5 Å². The molecule has 0 aliphatic carbocycles. The number of rotatable bonds is 4. The van der Waals surface area contributed by atoms with Crippen molar-refractivity contribution in [2.45, 2.75) is 18.8 Å². The van der Waals surface area contributed by atoms with Crippen molar-refractivity contribution in [3.8, 4) is 0 Å². The average Bonchev–Trinajstić information content (AvgIpc) is 2.69. The van der Waals surface area contributed by atoms with Crippen LogP contribution in [0.25, 0.3) is 0 Å². The number of benzene rings is 2. The minimum Gasteiger partial charge on any atom is -0.469 e. The Kier molecular flexibility index (Phi) is 5.49. The lowest BCUT2D eigenvalue weighted by Crippen LogP contribution is -2.41. The molecule has 1 fully saturated rings. The second kappa shape index (κ2) is 7.97. The van der Waals surface area contributed by atoms with Crippen LogP contribution < -0.4 is 0 Å². The Morgan fingerprint density at radius 3 is 2.08 bits per heavy atom. The zero-order valence-corrected chi connectivity index (χ0v) is 14.4. The minimum absolute atomic E-state index is 0.0633. The smallest absolute Gasteiger partial charge is 0.313 e. The van der Waals surface area contributed by atoms with E-state index < -0.39 is 0 Å². The van der Waals surface area contributed by atoms with Gasteiger partial charge in [0.15, 0.2) is 0 Å². The predicted octanol–water partition coefficient (Wildman–Crippen LogP) is 3.50. The van der Waals surface area contributed by atoms with Gasteiger partial charge in [0, 0.05) is 18.7 Å². The van der Waals surface area contributed by atoms with Gasteiger partial charge in [-0.15, -0.1) is 0 Å². The third kappa shape index (κ3) is 3.90. The number of amides is 1. The Balaban J connectivity index is 1.69. The van der Waals surface area contributed by atoms with Gasteiger partial charge in [-0.05, 0) is 36.5 Å². The molecule has 1 atom stereocenters. The molecule has 3 rings (SSSR count). The molecule has 1 aliphatic heterocycles.